The molecular weight excluding hydrogens is 614 g/mol. The van der Waals surface area contributed by atoms with Crippen LogP contribution in [0.15, 0.2) is 182 Å². The fourth-order valence-corrected chi connectivity index (χ4v) is 12.4. The monoisotopic (exact) mass is 650 g/mol. The normalized spacial score (nSPS) is 11.5. The van der Waals surface area contributed by atoms with Crippen molar-refractivity contribution in [1.82, 2.24) is 0 Å². The molecular formula is C46H36P2. The molecule has 48 heavy (non-hydrogen) atoms. The highest BCUT2D eigenvalue weighted by atomic mass is 31.1. The summed E-state index contributed by atoms with van der Waals surface area (Å²) in [6.07, 6.45) is 0. The van der Waals surface area contributed by atoms with Crippen molar-refractivity contribution in [3.8, 4) is 11.1 Å². The van der Waals surface area contributed by atoms with Crippen LogP contribution in [0.5, 0.6) is 0 Å². The van der Waals surface area contributed by atoms with E-state index in [4.69, 9.17) is 0 Å². The molecule has 0 radical (unpaired) electrons. The molecule has 0 bridgehead atoms. The Kier molecular flexibility index (Phi) is 8.46. The van der Waals surface area contributed by atoms with Crippen LogP contribution >= 0.6 is 15.8 Å². The van der Waals surface area contributed by atoms with Crippen molar-refractivity contribution in [3.63, 3.8) is 0 Å². The summed E-state index contributed by atoms with van der Waals surface area (Å²) in [4.78, 5) is 0. The highest BCUT2D eigenvalue weighted by Crippen LogP contribution is 2.46. The number of hydrogen-bond acceptors (Lipinski definition) is 0. The number of benzene rings is 8. The molecule has 8 aromatic rings. The van der Waals surface area contributed by atoms with Gasteiger partial charge in [-0.3, -0.25) is 0 Å². The van der Waals surface area contributed by atoms with Crippen LogP contribution in [0.2, 0.25) is 0 Å². The zero-order valence-electron chi connectivity index (χ0n) is 27.2. The minimum atomic E-state index is -0.951. The van der Waals surface area contributed by atoms with Gasteiger partial charge in [-0.25, -0.2) is 0 Å². The molecule has 2 heteroatoms. The van der Waals surface area contributed by atoms with Gasteiger partial charge in [0, 0.05) is 5.30 Å². The van der Waals surface area contributed by atoms with Crippen molar-refractivity contribution >= 4 is 69.2 Å². The van der Waals surface area contributed by atoms with Gasteiger partial charge in [-0.2, -0.15) is 0 Å². The van der Waals surface area contributed by atoms with E-state index in [0.29, 0.717) is 0 Å². The number of fused-ring (bicyclic) bond motifs is 2. The van der Waals surface area contributed by atoms with Crippen LogP contribution in [0, 0.1) is 13.8 Å². The largest absolute Gasteiger partial charge is 0.0622 e. The fourth-order valence-electron chi connectivity index (χ4n) is 6.93. The molecule has 0 atom stereocenters. The Hall–Kier alpha value is -4.86. The van der Waals surface area contributed by atoms with Crippen molar-refractivity contribution in [2.24, 2.45) is 0 Å². The van der Waals surface area contributed by atoms with Gasteiger partial charge in [0.25, 0.3) is 0 Å². The Morgan fingerprint density at radius 1 is 0.354 bits per heavy atom. The summed E-state index contributed by atoms with van der Waals surface area (Å²) >= 11 is 0. The first-order chi connectivity index (χ1) is 23.7. The first kappa shape index (κ1) is 30.5. The average Bonchev–Trinajstić information content (AvgIpc) is 3.13. The summed E-state index contributed by atoms with van der Waals surface area (Å²) in [7, 11) is -1.85. The first-order valence-corrected chi connectivity index (χ1v) is 19.2. The van der Waals surface area contributed by atoms with Crippen LogP contribution in [0.25, 0.3) is 32.7 Å². The predicted octanol–water partition coefficient (Wildman–Crippen LogP) is 9.79. The minimum Gasteiger partial charge on any atom is -0.0622 e. The molecule has 0 N–H and O–H groups in total. The maximum Gasteiger partial charge on any atom is 0.00177 e. The van der Waals surface area contributed by atoms with Crippen molar-refractivity contribution in [2.45, 2.75) is 13.8 Å². The van der Waals surface area contributed by atoms with Gasteiger partial charge in [0.2, 0.25) is 0 Å². The highest BCUT2D eigenvalue weighted by molar-refractivity contribution is 7.85. The van der Waals surface area contributed by atoms with Crippen LogP contribution < -0.4 is 31.8 Å². The molecule has 8 aromatic carbocycles. The van der Waals surface area contributed by atoms with E-state index in [1.165, 1.54) is 75.6 Å². The van der Waals surface area contributed by atoms with Crippen molar-refractivity contribution in [1.29, 1.82) is 0 Å². The third kappa shape index (κ3) is 5.77. The molecule has 0 fully saturated rings. The van der Waals surface area contributed by atoms with Gasteiger partial charge in [-0.15, -0.1) is 0 Å². The lowest BCUT2D eigenvalue weighted by molar-refractivity contribution is 1.50. The third-order valence-corrected chi connectivity index (χ3v) is 14.3. The summed E-state index contributed by atoms with van der Waals surface area (Å²) in [6, 6.07) is 68.2. The first-order valence-electron chi connectivity index (χ1n) is 16.5. The standard InChI is InChI=1S/C46H36P2/c1-33-26-28-41-35(30-33)16-15-25-43(41)45-42-29-27-34(2)31-36(42)32-44(47(37-17-7-3-8-18-37)38-19-9-4-10-20-38)46(45)48(39-21-11-5-12-22-39)40-23-13-6-14-24-40/h3-32H,1-2H3. The molecule has 230 valence electrons. The topological polar surface area (TPSA) is 0 Å². The van der Waals surface area contributed by atoms with Gasteiger partial charge >= 0.3 is 0 Å². The Morgan fingerprint density at radius 2 is 0.812 bits per heavy atom. The molecule has 0 saturated carbocycles. The van der Waals surface area contributed by atoms with E-state index in [2.05, 4.69) is 196 Å². The Bertz CT molecular complexity index is 2270. The van der Waals surface area contributed by atoms with E-state index < -0.39 is 15.8 Å². The van der Waals surface area contributed by atoms with Crippen molar-refractivity contribution in [2.75, 3.05) is 0 Å². The quantitative estimate of drug-likeness (QED) is 0.151. The Labute approximate surface area is 286 Å². The molecule has 0 nitrogen and oxygen atoms in total. The number of rotatable bonds is 7. The Morgan fingerprint density at radius 3 is 1.33 bits per heavy atom. The molecule has 0 amide bonds. The zero-order valence-corrected chi connectivity index (χ0v) is 29.0. The van der Waals surface area contributed by atoms with E-state index in [-0.39, 0.29) is 0 Å². The summed E-state index contributed by atoms with van der Waals surface area (Å²) in [5.41, 5.74) is 5.21. The lowest BCUT2D eigenvalue weighted by atomic mass is 9.92. The van der Waals surface area contributed by atoms with Gasteiger partial charge in [0.05, 0.1) is 0 Å². The zero-order chi connectivity index (χ0) is 32.5. The van der Waals surface area contributed by atoms with E-state index in [0.717, 1.165) is 0 Å². The highest BCUT2D eigenvalue weighted by Gasteiger charge is 2.30. The molecule has 0 unspecified atom stereocenters. The molecule has 0 aliphatic carbocycles. The number of aryl methyl sites for hydroxylation is 2. The summed E-state index contributed by atoms with van der Waals surface area (Å²) in [5, 5.41) is 13.5. The van der Waals surface area contributed by atoms with Gasteiger partial charge in [0.15, 0.2) is 0 Å². The van der Waals surface area contributed by atoms with E-state index >= 15 is 0 Å². The second-order valence-electron chi connectivity index (χ2n) is 12.4. The van der Waals surface area contributed by atoms with E-state index in [1.807, 2.05) is 0 Å². The molecule has 0 saturated heterocycles. The molecule has 0 aromatic heterocycles. The van der Waals surface area contributed by atoms with Gasteiger partial charge in [-0.1, -0.05) is 187 Å². The third-order valence-electron chi connectivity index (χ3n) is 9.08. The molecule has 0 heterocycles. The smallest absolute Gasteiger partial charge is 0.00177 e. The van der Waals surface area contributed by atoms with E-state index in [9.17, 15) is 0 Å². The lowest BCUT2D eigenvalue weighted by Crippen LogP contribution is -2.36. The van der Waals surface area contributed by atoms with Gasteiger partial charge in [-0.05, 0) is 95.0 Å². The summed E-state index contributed by atoms with van der Waals surface area (Å²) in [5.74, 6) is 0. The van der Waals surface area contributed by atoms with Crippen LogP contribution in [0.4, 0.5) is 0 Å². The summed E-state index contributed by atoms with van der Waals surface area (Å²) in [6.45, 7) is 4.40. The van der Waals surface area contributed by atoms with Gasteiger partial charge < -0.3 is 0 Å². The number of hydrogen-bond donors (Lipinski definition) is 0. The predicted molar refractivity (Wildman–Crippen MR) is 214 cm³/mol. The second kappa shape index (κ2) is 13.3. The minimum absolute atomic E-state index is 0.902. The molecule has 0 spiro atoms. The van der Waals surface area contributed by atoms with Crippen molar-refractivity contribution in [3.05, 3.63) is 193 Å². The maximum absolute atomic E-state index is 2.55. The van der Waals surface area contributed by atoms with Gasteiger partial charge in [0.1, 0.15) is 0 Å². The Balaban J connectivity index is 1.60. The van der Waals surface area contributed by atoms with Crippen LogP contribution in [0.3, 0.4) is 0 Å². The van der Waals surface area contributed by atoms with Crippen LogP contribution in [-0.2, 0) is 0 Å². The average molecular weight is 651 g/mol. The van der Waals surface area contributed by atoms with E-state index in [1.54, 1.807) is 0 Å². The molecule has 0 aliphatic rings. The maximum atomic E-state index is 2.55. The lowest BCUT2D eigenvalue weighted by Gasteiger charge is -2.31. The fraction of sp³-hybridized carbons (Fsp3) is 0.0435. The van der Waals surface area contributed by atoms with Crippen LogP contribution in [0.1, 0.15) is 11.1 Å². The molecule has 8 rings (SSSR count). The van der Waals surface area contributed by atoms with Crippen molar-refractivity contribution < 1.29 is 0 Å². The SMILES string of the molecule is Cc1ccc2c(-c3c(P(c4ccccc4)c4ccccc4)c(P(c4ccccc4)c4ccccc4)cc4cc(C)ccc34)cccc2c1. The summed E-state index contributed by atoms with van der Waals surface area (Å²) < 4.78 is 0. The second-order valence-corrected chi connectivity index (χ2v) is 16.7. The van der Waals surface area contributed by atoms with Crippen LogP contribution in [-0.4, -0.2) is 0 Å². The molecule has 0 aliphatic heterocycles.